The molecule has 1 rings (SSSR count). The summed E-state index contributed by atoms with van der Waals surface area (Å²) in [4.78, 5) is 11.5. The number of rotatable bonds is 6. The van der Waals surface area contributed by atoms with E-state index in [1.165, 1.54) is 18.2 Å². The maximum absolute atomic E-state index is 12.7. The molecule has 0 radical (unpaired) electrons. The lowest BCUT2D eigenvalue weighted by molar-refractivity contribution is -0.121. The molecule has 1 aromatic rings. The van der Waals surface area contributed by atoms with Crippen LogP contribution in [0.5, 0.6) is 0 Å². The van der Waals surface area contributed by atoms with E-state index in [0.717, 1.165) is 6.07 Å². The van der Waals surface area contributed by atoms with Crippen LogP contribution < -0.4 is 10.6 Å². The van der Waals surface area contributed by atoms with E-state index in [1.54, 1.807) is 13.8 Å². The second-order valence-electron chi connectivity index (χ2n) is 4.91. The Bertz CT molecular complexity index is 616. The fourth-order valence-electron chi connectivity index (χ4n) is 1.71. The third kappa shape index (κ3) is 3.98. The summed E-state index contributed by atoms with van der Waals surface area (Å²) < 4.78 is 48.5. The summed E-state index contributed by atoms with van der Waals surface area (Å²) in [6.07, 6.45) is 0. The Kier molecular flexibility index (Phi) is 5.41. The number of sulfone groups is 1. The van der Waals surface area contributed by atoms with Gasteiger partial charge in [-0.15, -0.1) is 0 Å². The molecule has 8 heteroatoms. The number of carbonyl (C=O) groups is 1. The molecule has 0 saturated carbocycles. The number of benzene rings is 1. The largest absolute Gasteiger partial charge is 0.341 e. The van der Waals surface area contributed by atoms with E-state index >= 15 is 0 Å². The first-order chi connectivity index (χ1) is 9.63. The average Bonchev–Trinajstić information content (AvgIpc) is 2.38. The molecule has 0 aliphatic carbocycles. The molecule has 1 aromatic carbocycles. The van der Waals surface area contributed by atoms with Crippen LogP contribution in [0.4, 0.5) is 14.5 Å². The molecule has 0 unspecified atom stereocenters. The summed E-state index contributed by atoms with van der Waals surface area (Å²) >= 11 is 0. The molecule has 5 nitrogen and oxygen atoms in total. The van der Waals surface area contributed by atoms with Gasteiger partial charge in [0.2, 0.25) is 15.7 Å². The van der Waals surface area contributed by atoms with E-state index in [1.807, 2.05) is 6.92 Å². The summed E-state index contributed by atoms with van der Waals surface area (Å²) in [6, 6.07) is 5.09. The van der Waals surface area contributed by atoms with Gasteiger partial charge in [0.1, 0.15) is 0 Å². The smallest absolute Gasteiger partial charge is 0.323 e. The first kappa shape index (κ1) is 17.5. The van der Waals surface area contributed by atoms with E-state index in [0.29, 0.717) is 6.54 Å². The molecule has 0 aliphatic rings. The molecular formula is C13H18F2N2O3S. The maximum atomic E-state index is 12.7. The lowest BCUT2D eigenvalue weighted by Gasteiger charge is -2.25. The Balaban J connectivity index is 3.15. The lowest BCUT2D eigenvalue weighted by atomic mass is 10.0. The first-order valence-electron chi connectivity index (χ1n) is 6.30. The van der Waals surface area contributed by atoms with Gasteiger partial charge >= 0.3 is 5.76 Å². The zero-order chi connectivity index (χ0) is 16.3. The minimum Gasteiger partial charge on any atom is -0.323 e. The van der Waals surface area contributed by atoms with Crippen molar-refractivity contribution in [3.8, 4) is 0 Å². The molecule has 2 N–H and O–H groups in total. The van der Waals surface area contributed by atoms with Gasteiger partial charge < -0.3 is 10.6 Å². The van der Waals surface area contributed by atoms with E-state index < -0.39 is 31.9 Å². The fourth-order valence-corrected chi connectivity index (χ4v) is 2.60. The van der Waals surface area contributed by atoms with Crippen molar-refractivity contribution in [2.45, 2.75) is 37.0 Å². The van der Waals surface area contributed by atoms with Crippen molar-refractivity contribution in [3.05, 3.63) is 24.3 Å². The number of hydrogen-bond acceptors (Lipinski definition) is 4. The van der Waals surface area contributed by atoms with Crippen LogP contribution in [0.1, 0.15) is 20.8 Å². The van der Waals surface area contributed by atoms with E-state index in [9.17, 15) is 22.0 Å². The van der Waals surface area contributed by atoms with Crippen LogP contribution in [0, 0.1) is 0 Å². The molecular weight excluding hydrogens is 302 g/mol. The van der Waals surface area contributed by atoms with Crippen LogP contribution in [0.3, 0.4) is 0 Å². The highest BCUT2D eigenvalue weighted by atomic mass is 32.2. The number of halogens is 2. The average molecular weight is 320 g/mol. The standard InChI is InChI=1S/C13H18F2N2O3S/c1-4-16-13(2,3)11(18)17-9-7-5-6-8-10(9)21(19,20)12(14)15/h5-8,12,16H,4H2,1-3H3,(H,17,18). The number of hydrogen-bond donors (Lipinski definition) is 2. The van der Waals surface area contributed by atoms with Crippen molar-refractivity contribution in [1.82, 2.24) is 5.32 Å². The molecule has 0 aliphatic heterocycles. The van der Waals surface area contributed by atoms with Crippen molar-refractivity contribution < 1.29 is 22.0 Å². The van der Waals surface area contributed by atoms with Gasteiger partial charge in [0.25, 0.3) is 0 Å². The van der Waals surface area contributed by atoms with Gasteiger partial charge in [-0.1, -0.05) is 19.1 Å². The van der Waals surface area contributed by atoms with Crippen LogP contribution >= 0.6 is 0 Å². The maximum Gasteiger partial charge on any atom is 0.341 e. The SMILES string of the molecule is CCNC(C)(C)C(=O)Nc1ccccc1S(=O)(=O)C(F)F. The molecule has 118 valence electrons. The van der Waals surface area contributed by atoms with Crippen LogP contribution in [0.25, 0.3) is 0 Å². The van der Waals surface area contributed by atoms with Crippen LogP contribution in [-0.4, -0.2) is 32.2 Å². The van der Waals surface area contributed by atoms with Gasteiger partial charge in [0.05, 0.1) is 16.1 Å². The molecule has 0 atom stereocenters. The van der Waals surface area contributed by atoms with Gasteiger partial charge in [-0.25, -0.2) is 8.42 Å². The monoisotopic (exact) mass is 320 g/mol. The first-order valence-corrected chi connectivity index (χ1v) is 7.85. The van der Waals surface area contributed by atoms with E-state index in [2.05, 4.69) is 10.6 Å². The highest BCUT2D eigenvalue weighted by Gasteiger charge is 2.32. The van der Waals surface area contributed by atoms with Crippen molar-refractivity contribution in [3.63, 3.8) is 0 Å². The van der Waals surface area contributed by atoms with Crippen molar-refractivity contribution in [2.24, 2.45) is 0 Å². The lowest BCUT2D eigenvalue weighted by Crippen LogP contribution is -2.49. The summed E-state index contributed by atoms with van der Waals surface area (Å²) in [5, 5.41) is 5.30. The Labute approximate surface area is 122 Å². The van der Waals surface area contributed by atoms with Gasteiger partial charge in [-0.3, -0.25) is 4.79 Å². The zero-order valence-corrected chi connectivity index (χ0v) is 12.8. The number of anilines is 1. The fraction of sp³-hybridized carbons (Fsp3) is 0.462. The Morgan fingerprint density at radius 1 is 1.29 bits per heavy atom. The molecule has 0 spiro atoms. The number of likely N-dealkylation sites (N-methyl/N-ethyl adjacent to an activating group) is 1. The Morgan fingerprint density at radius 3 is 2.38 bits per heavy atom. The third-order valence-corrected chi connectivity index (χ3v) is 4.30. The van der Waals surface area contributed by atoms with Gasteiger partial charge in [0, 0.05) is 0 Å². The Hall–Kier alpha value is -1.54. The topological polar surface area (TPSA) is 75.3 Å². The van der Waals surface area contributed by atoms with Crippen LogP contribution in [0.15, 0.2) is 29.2 Å². The van der Waals surface area contributed by atoms with Crippen molar-refractivity contribution in [1.29, 1.82) is 0 Å². The van der Waals surface area contributed by atoms with Gasteiger partial charge in [-0.05, 0) is 32.5 Å². The molecule has 0 saturated heterocycles. The number of alkyl halides is 2. The molecule has 0 aromatic heterocycles. The summed E-state index contributed by atoms with van der Waals surface area (Å²) in [5.74, 6) is -4.06. The molecule has 1 amide bonds. The second-order valence-corrected chi connectivity index (χ2v) is 6.80. The predicted octanol–water partition coefficient (Wildman–Crippen LogP) is 2.01. The Morgan fingerprint density at radius 2 is 1.86 bits per heavy atom. The summed E-state index contributed by atoms with van der Waals surface area (Å²) in [7, 11) is -4.78. The van der Waals surface area contributed by atoms with Gasteiger partial charge in [0.15, 0.2) is 0 Å². The number of nitrogens with one attached hydrogen (secondary N) is 2. The normalized spacial score (nSPS) is 12.5. The summed E-state index contributed by atoms with van der Waals surface area (Å²) in [5.41, 5.74) is -1.12. The third-order valence-electron chi connectivity index (χ3n) is 2.86. The number of amides is 1. The molecule has 21 heavy (non-hydrogen) atoms. The van der Waals surface area contributed by atoms with Crippen molar-refractivity contribution in [2.75, 3.05) is 11.9 Å². The zero-order valence-electron chi connectivity index (χ0n) is 12.0. The quantitative estimate of drug-likeness (QED) is 0.841. The van der Waals surface area contributed by atoms with Gasteiger partial charge in [-0.2, -0.15) is 8.78 Å². The molecule has 0 heterocycles. The highest BCUT2D eigenvalue weighted by Crippen LogP contribution is 2.26. The summed E-state index contributed by atoms with van der Waals surface area (Å²) in [6.45, 7) is 5.55. The number of carbonyl (C=O) groups excluding carboxylic acids is 1. The predicted molar refractivity (Wildman–Crippen MR) is 76.0 cm³/mol. The van der Waals surface area contributed by atoms with Crippen LogP contribution in [0.2, 0.25) is 0 Å². The van der Waals surface area contributed by atoms with E-state index in [4.69, 9.17) is 0 Å². The second kappa shape index (κ2) is 6.48. The molecule has 0 bridgehead atoms. The minimum absolute atomic E-state index is 0.159. The highest BCUT2D eigenvalue weighted by molar-refractivity contribution is 7.91. The number of para-hydroxylation sites is 1. The van der Waals surface area contributed by atoms with Crippen LogP contribution in [-0.2, 0) is 14.6 Å². The van der Waals surface area contributed by atoms with Crippen molar-refractivity contribution >= 4 is 21.4 Å². The molecule has 0 fully saturated rings. The minimum atomic E-state index is -4.78. The van der Waals surface area contributed by atoms with E-state index in [-0.39, 0.29) is 5.69 Å².